The summed E-state index contributed by atoms with van der Waals surface area (Å²) in [6, 6.07) is 4.09. The molecule has 0 unspecified atom stereocenters. The van der Waals surface area contributed by atoms with Crippen LogP contribution in [-0.4, -0.2) is 14.2 Å². The van der Waals surface area contributed by atoms with Crippen molar-refractivity contribution in [2.24, 2.45) is 0 Å². The molecule has 0 N–H and O–H groups in total. The van der Waals surface area contributed by atoms with Crippen molar-refractivity contribution in [2.75, 3.05) is 5.75 Å². The molecule has 1 aromatic carbocycles. The van der Waals surface area contributed by atoms with E-state index in [0.717, 1.165) is 12.8 Å². The van der Waals surface area contributed by atoms with E-state index in [2.05, 4.69) is 0 Å². The number of benzene rings is 1. The minimum Gasteiger partial charge on any atom is -0.382 e. The third kappa shape index (κ3) is 2.52. The highest BCUT2D eigenvalue weighted by atomic mass is 32.2. The summed E-state index contributed by atoms with van der Waals surface area (Å²) in [5.41, 5.74) is 0.559. The minimum absolute atomic E-state index is 0.0941. The van der Waals surface area contributed by atoms with E-state index in [1.54, 1.807) is 0 Å². The van der Waals surface area contributed by atoms with Crippen molar-refractivity contribution in [3.63, 3.8) is 0 Å². The Morgan fingerprint density at radius 1 is 1.44 bits per heavy atom. The Morgan fingerprint density at radius 3 is 2.69 bits per heavy atom. The predicted molar refractivity (Wildman–Crippen MR) is 58.5 cm³/mol. The van der Waals surface area contributed by atoms with Gasteiger partial charge in [0.2, 0.25) is 0 Å². The van der Waals surface area contributed by atoms with Crippen LogP contribution in [0.15, 0.2) is 18.2 Å². The second-order valence-electron chi connectivity index (χ2n) is 3.89. The predicted octanol–water partition coefficient (Wildman–Crippen LogP) is 2.43. The summed E-state index contributed by atoms with van der Waals surface area (Å²) in [6.07, 6.45) is 1.92. The molecule has 5 heteroatoms. The molecule has 2 rings (SSSR count). The third-order valence-corrected chi connectivity index (χ3v) is 3.71. The van der Waals surface area contributed by atoms with E-state index >= 15 is 0 Å². The molecule has 0 spiro atoms. The zero-order chi connectivity index (χ0) is 11.8. The molecule has 1 aromatic rings. The third-order valence-electron chi connectivity index (χ3n) is 2.56. The number of hydrogen-bond donors (Lipinski definition) is 0. The van der Waals surface area contributed by atoms with Crippen LogP contribution in [0.2, 0.25) is 0 Å². The number of rotatable bonds is 4. The van der Waals surface area contributed by atoms with Gasteiger partial charge in [0.05, 0.1) is 5.75 Å². The van der Waals surface area contributed by atoms with Gasteiger partial charge in [0.1, 0.15) is 11.6 Å². The monoisotopic (exact) mass is 244 g/mol. The Kier molecular flexibility index (Phi) is 2.88. The van der Waals surface area contributed by atoms with Crippen LogP contribution < -0.4 is 4.18 Å². The smallest absolute Gasteiger partial charge is 0.308 e. The summed E-state index contributed by atoms with van der Waals surface area (Å²) in [4.78, 5) is 0. The van der Waals surface area contributed by atoms with E-state index < -0.39 is 10.1 Å². The molecular weight excluding hydrogens is 231 g/mol. The lowest BCUT2D eigenvalue weighted by atomic mass is 10.1. The van der Waals surface area contributed by atoms with Gasteiger partial charge in [-0.05, 0) is 49.4 Å². The molecule has 0 aliphatic heterocycles. The van der Waals surface area contributed by atoms with E-state index in [4.69, 9.17) is 4.18 Å². The molecule has 1 saturated carbocycles. The van der Waals surface area contributed by atoms with E-state index in [1.807, 2.05) is 0 Å². The van der Waals surface area contributed by atoms with Gasteiger partial charge in [-0.15, -0.1) is 0 Å². The van der Waals surface area contributed by atoms with E-state index in [1.165, 1.54) is 25.1 Å². The van der Waals surface area contributed by atoms with Crippen molar-refractivity contribution in [3.05, 3.63) is 29.6 Å². The molecule has 16 heavy (non-hydrogen) atoms. The lowest BCUT2D eigenvalue weighted by Gasteiger charge is -2.07. The molecule has 88 valence electrons. The van der Waals surface area contributed by atoms with Crippen LogP contribution in [0.4, 0.5) is 4.39 Å². The summed E-state index contributed by atoms with van der Waals surface area (Å²) in [6.45, 7) is 1.50. The van der Waals surface area contributed by atoms with Gasteiger partial charge in [-0.3, -0.25) is 0 Å². The fourth-order valence-electron chi connectivity index (χ4n) is 1.49. The zero-order valence-corrected chi connectivity index (χ0v) is 9.76. The average Bonchev–Trinajstić information content (AvgIpc) is 3.04. The molecule has 0 bridgehead atoms. The van der Waals surface area contributed by atoms with Crippen molar-refractivity contribution < 1.29 is 17.0 Å². The van der Waals surface area contributed by atoms with Crippen LogP contribution in [0, 0.1) is 5.82 Å². The first-order chi connectivity index (χ1) is 7.52. The lowest BCUT2D eigenvalue weighted by molar-refractivity contribution is 0.485. The fourth-order valence-corrected chi connectivity index (χ4v) is 2.00. The summed E-state index contributed by atoms with van der Waals surface area (Å²) < 4.78 is 40.7. The molecule has 0 aromatic heterocycles. The number of halogens is 1. The van der Waals surface area contributed by atoms with Crippen LogP contribution in [0.1, 0.15) is 31.2 Å². The van der Waals surface area contributed by atoms with Gasteiger partial charge in [0, 0.05) is 0 Å². The van der Waals surface area contributed by atoms with Crippen molar-refractivity contribution in [3.8, 4) is 5.75 Å². The van der Waals surface area contributed by atoms with Crippen molar-refractivity contribution in [2.45, 2.75) is 25.7 Å². The maximum atomic E-state index is 13.4. The van der Waals surface area contributed by atoms with Gasteiger partial charge in [-0.2, -0.15) is 8.42 Å². The van der Waals surface area contributed by atoms with Gasteiger partial charge < -0.3 is 4.18 Å². The van der Waals surface area contributed by atoms with Gasteiger partial charge in [-0.1, -0.05) is 0 Å². The molecule has 1 aliphatic carbocycles. The Bertz CT molecular complexity index is 492. The van der Waals surface area contributed by atoms with Crippen LogP contribution in [0.5, 0.6) is 5.75 Å². The van der Waals surface area contributed by atoms with Crippen LogP contribution in [0.3, 0.4) is 0 Å². The first-order valence-electron chi connectivity index (χ1n) is 5.23. The summed E-state index contributed by atoms with van der Waals surface area (Å²) in [5, 5.41) is 0. The molecule has 0 radical (unpaired) electrons. The fraction of sp³-hybridized carbons (Fsp3) is 0.455. The molecule has 0 saturated heterocycles. The zero-order valence-electron chi connectivity index (χ0n) is 8.94. The molecule has 3 nitrogen and oxygen atoms in total. The minimum atomic E-state index is -3.53. The molecular formula is C11H13FO3S. The summed E-state index contributed by atoms with van der Waals surface area (Å²) in [7, 11) is -3.53. The highest BCUT2D eigenvalue weighted by Crippen LogP contribution is 2.42. The molecule has 0 heterocycles. The Hall–Kier alpha value is -1.10. The maximum absolute atomic E-state index is 13.4. The number of hydrogen-bond acceptors (Lipinski definition) is 3. The maximum Gasteiger partial charge on any atom is 0.308 e. The SMILES string of the molecule is CCS(=O)(=O)Oc1ccc(F)c(C2CC2)c1. The van der Waals surface area contributed by atoms with Gasteiger partial charge >= 0.3 is 10.1 Å². The Labute approximate surface area is 94.4 Å². The second kappa shape index (κ2) is 4.05. The molecule has 1 aliphatic rings. The van der Waals surface area contributed by atoms with Crippen molar-refractivity contribution in [1.82, 2.24) is 0 Å². The second-order valence-corrected chi connectivity index (χ2v) is 5.75. The van der Waals surface area contributed by atoms with E-state index in [0.29, 0.717) is 5.56 Å². The van der Waals surface area contributed by atoms with Crippen molar-refractivity contribution >= 4 is 10.1 Å². The Balaban J connectivity index is 2.26. The topological polar surface area (TPSA) is 43.4 Å². The largest absolute Gasteiger partial charge is 0.382 e. The molecule has 1 fully saturated rings. The quantitative estimate of drug-likeness (QED) is 0.764. The van der Waals surface area contributed by atoms with Gasteiger partial charge in [-0.25, -0.2) is 4.39 Å². The van der Waals surface area contributed by atoms with Crippen molar-refractivity contribution in [1.29, 1.82) is 0 Å². The van der Waals surface area contributed by atoms with Crippen LogP contribution in [0.25, 0.3) is 0 Å². The van der Waals surface area contributed by atoms with Crippen LogP contribution >= 0.6 is 0 Å². The van der Waals surface area contributed by atoms with E-state index in [9.17, 15) is 12.8 Å². The van der Waals surface area contributed by atoms with Gasteiger partial charge in [0.25, 0.3) is 0 Å². The summed E-state index contributed by atoms with van der Waals surface area (Å²) in [5.74, 6) is 0.0464. The van der Waals surface area contributed by atoms with Gasteiger partial charge in [0.15, 0.2) is 0 Å². The lowest BCUT2D eigenvalue weighted by Crippen LogP contribution is -2.11. The Morgan fingerprint density at radius 2 is 2.12 bits per heavy atom. The first kappa shape index (κ1) is 11.4. The molecule has 0 atom stereocenters. The normalized spacial score (nSPS) is 16.1. The van der Waals surface area contributed by atoms with E-state index in [-0.39, 0.29) is 23.2 Å². The first-order valence-corrected chi connectivity index (χ1v) is 6.81. The highest BCUT2D eigenvalue weighted by molar-refractivity contribution is 7.87. The molecule has 0 amide bonds. The highest BCUT2D eigenvalue weighted by Gasteiger charge is 2.27. The standard InChI is InChI=1S/C11H13FO3S/c1-2-16(13,14)15-9-5-6-11(12)10(7-9)8-3-4-8/h5-8H,2-4H2,1H3. The van der Waals surface area contributed by atoms with Crippen LogP contribution in [-0.2, 0) is 10.1 Å². The average molecular weight is 244 g/mol. The summed E-state index contributed by atoms with van der Waals surface area (Å²) >= 11 is 0.